The van der Waals surface area contributed by atoms with Crippen molar-refractivity contribution in [3.05, 3.63) is 47.5 Å². The Labute approximate surface area is 119 Å². The van der Waals surface area contributed by atoms with Gasteiger partial charge in [-0.2, -0.15) is 0 Å². The van der Waals surface area contributed by atoms with Gasteiger partial charge in [-0.05, 0) is 18.2 Å². The molecule has 0 saturated carbocycles. The molecule has 0 spiro atoms. The number of carboxylic acids is 1. The lowest BCUT2D eigenvalue weighted by Gasteiger charge is -2.12. The maximum absolute atomic E-state index is 14.1. The standard InChI is InChI=1S/C15H12F2O4/c1-20-8-3-4-9(12(7-8)21-2)10-5-6-11(15(18)19)14(17)13(10)16/h3-7H,1-2H3,(H,18,19). The first-order chi connectivity index (χ1) is 9.99. The number of benzene rings is 2. The second kappa shape index (κ2) is 5.78. The van der Waals surface area contributed by atoms with Crippen molar-refractivity contribution in [1.82, 2.24) is 0 Å². The van der Waals surface area contributed by atoms with Crippen LogP contribution in [-0.4, -0.2) is 25.3 Å². The molecule has 0 atom stereocenters. The van der Waals surface area contributed by atoms with Gasteiger partial charge in [0.2, 0.25) is 0 Å². The molecule has 4 nitrogen and oxygen atoms in total. The number of methoxy groups -OCH3 is 2. The van der Waals surface area contributed by atoms with E-state index >= 15 is 0 Å². The Morgan fingerprint density at radius 2 is 1.67 bits per heavy atom. The summed E-state index contributed by atoms with van der Waals surface area (Å²) in [6.45, 7) is 0. The van der Waals surface area contributed by atoms with Crippen molar-refractivity contribution in [2.75, 3.05) is 14.2 Å². The highest BCUT2D eigenvalue weighted by atomic mass is 19.2. The van der Waals surface area contributed by atoms with Gasteiger partial charge in [0.25, 0.3) is 0 Å². The quantitative estimate of drug-likeness (QED) is 0.939. The molecule has 2 aromatic rings. The lowest BCUT2D eigenvalue weighted by Crippen LogP contribution is -2.04. The van der Waals surface area contributed by atoms with Crippen LogP contribution in [0.5, 0.6) is 11.5 Å². The minimum Gasteiger partial charge on any atom is -0.497 e. The molecule has 2 aromatic carbocycles. The average Bonchev–Trinajstić information content (AvgIpc) is 2.49. The van der Waals surface area contributed by atoms with Crippen LogP contribution in [0.2, 0.25) is 0 Å². The predicted octanol–water partition coefficient (Wildman–Crippen LogP) is 3.35. The predicted molar refractivity (Wildman–Crippen MR) is 71.9 cm³/mol. The monoisotopic (exact) mass is 294 g/mol. The van der Waals surface area contributed by atoms with E-state index in [9.17, 15) is 13.6 Å². The minimum atomic E-state index is -1.53. The fourth-order valence-corrected chi connectivity index (χ4v) is 1.94. The molecule has 0 amide bonds. The van der Waals surface area contributed by atoms with E-state index in [1.807, 2.05) is 0 Å². The fraction of sp³-hybridized carbons (Fsp3) is 0.133. The van der Waals surface area contributed by atoms with Gasteiger partial charge in [0.15, 0.2) is 11.6 Å². The Kier molecular flexibility index (Phi) is 4.07. The molecule has 2 rings (SSSR count). The van der Waals surface area contributed by atoms with Crippen LogP contribution in [0.1, 0.15) is 10.4 Å². The molecule has 0 aliphatic carbocycles. The van der Waals surface area contributed by atoms with Crippen molar-refractivity contribution in [2.24, 2.45) is 0 Å². The maximum Gasteiger partial charge on any atom is 0.338 e. The number of rotatable bonds is 4. The first kappa shape index (κ1) is 14.8. The normalized spacial score (nSPS) is 10.3. The second-order valence-electron chi connectivity index (χ2n) is 4.16. The number of aromatic carboxylic acids is 1. The van der Waals surface area contributed by atoms with Gasteiger partial charge in [0.1, 0.15) is 11.5 Å². The molecule has 0 fully saturated rings. The van der Waals surface area contributed by atoms with E-state index < -0.39 is 23.2 Å². The molecule has 21 heavy (non-hydrogen) atoms. The van der Waals surface area contributed by atoms with Crippen molar-refractivity contribution in [1.29, 1.82) is 0 Å². The summed E-state index contributed by atoms with van der Waals surface area (Å²) in [5, 5.41) is 8.77. The van der Waals surface area contributed by atoms with E-state index in [1.165, 1.54) is 32.4 Å². The van der Waals surface area contributed by atoms with E-state index in [0.29, 0.717) is 11.3 Å². The van der Waals surface area contributed by atoms with Gasteiger partial charge < -0.3 is 14.6 Å². The summed E-state index contributed by atoms with van der Waals surface area (Å²) < 4.78 is 38.0. The van der Waals surface area contributed by atoms with Crippen LogP contribution in [0.15, 0.2) is 30.3 Å². The lowest BCUT2D eigenvalue weighted by molar-refractivity contribution is 0.0690. The van der Waals surface area contributed by atoms with Gasteiger partial charge >= 0.3 is 5.97 Å². The Morgan fingerprint density at radius 3 is 2.24 bits per heavy atom. The molecule has 0 aliphatic heterocycles. The SMILES string of the molecule is COc1ccc(-c2ccc(C(=O)O)c(F)c2F)c(OC)c1. The van der Waals surface area contributed by atoms with Crippen LogP contribution in [0.3, 0.4) is 0 Å². The van der Waals surface area contributed by atoms with E-state index in [1.54, 1.807) is 6.07 Å². The smallest absolute Gasteiger partial charge is 0.338 e. The van der Waals surface area contributed by atoms with Gasteiger partial charge in [-0.3, -0.25) is 0 Å². The molecule has 0 heterocycles. The van der Waals surface area contributed by atoms with E-state index in [-0.39, 0.29) is 11.3 Å². The van der Waals surface area contributed by atoms with Crippen LogP contribution in [0.25, 0.3) is 11.1 Å². The molecular weight excluding hydrogens is 282 g/mol. The fourth-order valence-electron chi connectivity index (χ4n) is 1.94. The third-order valence-corrected chi connectivity index (χ3v) is 3.01. The summed E-state index contributed by atoms with van der Waals surface area (Å²) in [6, 6.07) is 6.82. The second-order valence-corrected chi connectivity index (χ2v) is 4.16. The number of carbonyl (C=O) groups is 1. The number of halogens is 2. The summed E-state index contributed by atoms with van der Waals surface area (Å²) in [7, 11) is 2.86. The lowest BCUT2D eigenvalue weighted by atomic mass is 10.0. The Morgan fingerprint density at radius 1 is 1.00 bits per heavy atom. The van der Waals surface area contributed by atoms with Gasteiger partial charge in [0.05, 0.1) is 19.8 Å². The molecule has 0 bridgehead atoms. The highest BCUT2D eigenvalue weighted by Gasteiger charge is 2.20. The summed E-state index contributed by atoms with van der Waals surface area (Å²) in [6.07, 6.45) is 0. The van der Waals surface area contributed by atoms with E-state index in [0.717, 1.165) is 6.07 Å². The summed E-state index contributed by atoms with van der Waals surface area (Å²) in [4.78, 5) is 10.8. The zero-order chi connectivity index (χ0) is 15.6. The van der Waals surface area contributed by atoms with Crippen molar-refractivity contribution in [3.8, 4) is 22.6 Å². The number of carboxylic acid groups (broad SMARTS) is 1. The zero-order valence-electron chi connectivity index (χ0n) is 11.3. The van der Waals surface area contributed by atoms with Crippen LogP contribution in [0, 0.1) is 11.6 Å². The molecule has 0 radical (unpaired) electrons. The maximum atomic E-state index is 14.1. The Hall–Kier alpha value is -2.63. The third-order valence-electron chi connectivity index (χ3n) is 3.01. The average molecular weight is 294 g/mol. The van der Waals surface area contributed by atoms with Crippen LogP contribution in [-0.2, 0) is 0 Å². The first-order valence-corrected chi connectivity index (χ1v) is 5.93. The molecule has 1 N–H and O–H groups in total. The molecule has 0 unspecified atom stereocenters. The van der Waals surface area contributed by atoms with Gasteiger partial charge in [-0.1, -0.05) is 6.07 Å². The number of hydrogen-bond acceptors (Lipinski definition) is 3. The number of hydrogen-bond donors (Lipinski definition) is 1. The van der Waals surface area contributed by atoms with Crippen molar-refractivity contribution < 1.29 is 28.2 Å². The molecule has 0 aliphatic rings. The largest absolute Gasteiger partial charge is 0.497 e. The van der Waals surface area contributed by atoms with Crippen LogP contribution >= 0.6 is 0 Å². The molecular formula is C15H12F2O4. The van der Waals surface area contributed by atoms with Gasteiger partial charge in [-0.15, -0.1) is 0 Å². The van der Waals surface area contributed by atoms with E-state index in [2.05, 4.69) is 0 Å². The van der Waals surface area contributed by atoms with Crippen LogP contribution < -0.4 is 9.47 Å². The highest BCUT2D eigenvalue weighted by Crippen LogP contribution is 2.35. The van der Waals surface area contributed by atoms with Gasteiger partial charge in [-0.25, -0.2) is 13.6 Å². The van der Waals surface area contributed by atoms with Crippen molar-refractivity contribution >= 4 is 5.97 Å². The molecule has 110 valence electrons. The summed E-state index contributed by atoms with van der Waals surface area (Å²) in [5.41, 5.74) is -0.507. The van der Waals surface area contributed by atoms with Crippen molar-refractivity contribution in [2.45, 2.75) is 0 Å². The molecule has 0 saturated heterocycles. The Bertz CT molecular complexity index is 698. The summed E-state index contributed by atoms with van der Waals surface area (Å²) in [5.74, 6) is -3.38. The third kappa shape index (κ3) is 2.65. The Balaban J connectivity index is 2.62. The topological polar surface area (TPSA) is 55.8 Å². The van der Waals surface area contributed by atoms with Crippen molar-refractivity contribution in [3.63, 3.8) is 0 Å². The zero-order valence-corrected chi connectivity index (χ0v) is 11.3. The van der Waals surface area contributed by atoms with Gasteiger partial charge in [0, 0.05) is 17.2 Å². The highest BCUT2D eigenvalue weighted by molar-refractivity contribution is 5.89. The first-order valence-electron chi connectivity index (χ1n) is 5.93. The van der Waals surface area contributed by atoms with Crippen LogP contribution in [0.4, 0.5) is 8.78 Å². The number of ether oxygens (including phenoxy) is 2. The van der Waals surface area contributed by atoms with E-state index in [4.69, 9.17) is 14.6 Å². The summed E-state index contributed by atoms with van der Waals surface area (Å²) >= 11 is 0. The molecule has 0 aromatic heterocycles. The minimum absolute atomic E-state index is 0.0861. The molecule has 6 heteroatoms.